The van der Waals surface area contributed by atoms with Gasteiger partial charge in [0.05, 0.1) is 6.54 Å². The fourth-order valence-corrected chi connectivity index (χ4v) is 2.93. The SMILES string of the molecule is Cn1c(CNC(=O)CCC2CCC2)nnc1C1CCC1. The molecular formula is C15H24N4O. The first-order valence-electron chi connectivity index (χ1n) is 7.89. The van der Waals surface area contributed by atoms with Crippen LogP contribution in [0.2, 0.25) is 0 Å². The lowest BCUT2D eigenvalue weighted by Gasteiger charge is -2.24. The van der Waals surface area contributed by atoms with Crippen LogP contribution in [-0.4, -0.2) is 20.7 Å². The summed E-state index contributed by atoms with van der Waals surface area (Å²) in [5.74, 6) is 3.46. The van der Waals surface area contributed by atoms with Gasteiger partial charge in [0.15, 0.2) is 5.82 Å². The van der Waals surface area contributed by atoms with Crippen molar-refractivity contribution in [3.05, 3.63) is 11.6 Å². The van der Waals surface area contributed by atoms with Gasteiger partial charge in [0, 0.05) is 19.4 Å². The average molecular weight is 276 g/mol. The third kappa shape index (κ3) is 2.86. The molecule has 20 heavy (non-hydrogen) atoms. The highest BCUT2D eigenvalue weighted by Crippen LogP contribution is 2.35. The van der Waals surface area contributed by atoms with Crippen LogP contribution in [0.1, 0.15) is 68.9 Å². The van der Waals surface area contributed by atoms with Gasteiger partial charge in [0.1, 0.15) is 5.82 Å². The number of hydrogen-bond acceptors (Lipinski definition) is 3. The van der Waals surface area contributed by atoms with E-state index in [0.717, 1.165) is 24.0 Å². The van der Waals surface area contributed by atoms with E-state index in [2.05, 4.69) is 20.1 Å². The maximum absolute atomic E-state index is 11.8. The molecule has 0 radical (unpaired) electrons. The molecule has 1 aromatic rings. The van der Waals surface area contributed by atoms with E-state index in [0.29, 0.717) is 18.9 Å². The molecule has 1 N–H and O–H groups in total. The molecule has 0 bridgehead atoms. The molecule has 5 heteroatoms. The quantitative estimate of drug-likeness (QED) is 0.867. The lowest BCUT2D eigenvalue weighted by Crippen LogP contribution is -2.26. The monoisotopic (exact) mass is 276 g/mol. The minimum absolute atomic E-state index is 0.144. The molecule has 1 amide bonds. The Balaban J connectivity index is 1.45. The molecule has 2 aliphatic rings. The molecule has 0 aliphatic heterocycles. The van der Waals surface area contributed by atoms with Gasteiger partial charge in [-0.2, -0.15) is 0 Å². The Labute approximate surface area is 120 Å². The maximum atomic E-state index is 11.8. The predicted octanol–water partition coefficient (Wildman–Crippen LogP) is 2.28. The van der Waals surface area contributed by atoms with Gasteiger partial charge in [-0.15, -0.1) is 10.2 Å². The lowest BCUT2D eigenvalue weighted by molar-refractivity contribution is -0.121. The minimum Gasteiger partial charge on any atom is -0.349 e. The van der Waals surface area contributed by atoms with Crippen molar-refractivity contribution in [1.29, 1.82) is 0 Å². The predicted molar refractivity (Wildman–Crippen MR) is 76.0 cm³/mol. The molecule has 2 saturated carbocycles. The number of carbonyl (C=O) groups is 1. The number of nitrogens with zero attached hydrogens (tertiary/aromatic N) is 3. The van der Waals surface area contributed by atoms with Crippen molar-refractivity contribution < 1.29 is 4.79 Å². The van der Waals surface area contributed by atoms with Crippen LogP contribution in [0.3, 0.4) is 0 Å². The third-order valence-corrected chi connectivity index (χ3v) is 4.92. The lowest BCUT2D eigenvalue weighted by atomic mass is 9.82. The first-order valence-corrected chi connectivity index (χ1v) is 7.89. The molecular weight excluding hydrogens is 252 g/mol. The van der Waals surface area contributed by atoms with Crippen molar-refractivity contribution in [2.45, 2.75) is 63.8 Å². The van der Waals surface area contributed by atoms with Crippen molar-refractivity contribution in [2.75, 3.05) is 0 Å². The van der Waals surface area contributed by atoms with E-state index >= 15 is 0 Å². The van der Waals surface area contributed by atoms with E-state index in [-0.39, 0.29) is 5.91 Å². The number of rotatable bonds is 6. The van der Waals surface area contributed by atoms with Crippen LogP contribution in [0.15, 0.2) is 0 Å². The molecule has 0 aromatic carbocycles. The van der Waals surface area contributed by atoms with Crippen LogP contribution in [0.4, 0.5) is 0 Å². The second-order valence-electron chi connectivity index (χ2n) is 6.27. The molecule has 1 heterocycles. The second-order valence-corrected chi connectivity index (χ2v) is 6.27. The minimum atomic E-state index is 0.144. The summed E-state index contributed by atoms with van der Waals surface area (Å²) in [5, 5.41) is 11.5. The Morgan fingerprint density at radius 2 is 2.00 bits per heavy atom. The molecule has 110 valence electrons. The maximum Gasteiger partial charge on any atom is 0.220 e. The van der Waals surface area contributed by atoms with Crippen LogP contribution in [0, 0.1) is 5.92 Å². The fourth-order valence-electron chi connectivity index (χ4n) is 2.93. The molecule has 0 atom stereocenters. The van der Waals surface area contributed by atoms with Gasteiger partial charge in [-0.25, -0.2) is 0 Å². The van der Waals surface area contributed by atoms with Crippen molar-refractivity contribution in [2.24, 2.45) is 13.0 Å². The number of amides is 1. The highest BCUT2D eigenvalue weighted by atomic mass is 16.1. The van der Waals surface area contributed by atoms with Crippen molar-refractivity contribution >= 4 is 5.91 Å². The summed E-state index contributed by atoms with van der Waals surface area (Å²) in [6, 6.07) is 0. The van der Waals surface area contributed by atoms with E-state index in [9.17, 15) is 4.79 Å². The highest BCUT2D eigenvalue weighted by Gasteiger charge is 2.25. The van der Waals surface area contributed by atoms with Crippen molar-refractivity contribution in [3.63, 3.8) is 0 Å². The molecule has 2 aliphatic carbocycles. The number of aromatic nitrogens is 3. The number of carbonyl (C=O) groups excluding carboxylic acids is 1. The molecule has 3 rings (SSSR count). The van der Waals surface area contributed by atoms with Gasteiger partial charge < -0.3 is 9.88 Å². The molecule has 0 spiro atoms. The standard InChI is InChI=1S/C15H24N4O/c1-19-13(17-18-15(19)12-6-3-7-12)10-16-14(20)9-8-11-4-2-5-11/h11-12H,2-10H2,1H3,(H,16,20). The van der Waals surface area contributed by atoms with Crippen LogP contribution in [0.5, 0.6) is 0 Å². The van der Waals surface area contributed by atoms with E-state index < -0.39 is 0 Å². The summed E-state index contributed by atoms with van der Waals surface area (Å²) in [4.78, 5) is 11.8. The Bertz CT molecular complexity index is 474. The topological polar surface area (TPSA) is 59.8 Å². The normalized spacial score (nSPS) is 19.4. The first kappa shape index (κ1) is 13.6. The van der Waals surface area contributed by atoms with E-state index in [4.69, 9.17) is 0 Å². The van der Waals surface area contributed by atoms with Crippen LogP contribution >= 0.6 is 0 Å². The number of hydrogen-bond donors (Lipinski definition) is 1. The Kier molecular flexibility index (Phi) is 4.03. The summed E-state index contributed by atoms with van der Waals surface area (Å²) in [7, 11) is 2.00. The van der Waals surface area contributed by atoms with Crippen molar-refractivity contribution in [1.82, 2.24) is 20.1 Å². The zero-order chi connectivity index (χ0) is 13.9. The largest absolute Gasteiger partial charge is 0.349 e. The van der Waals surface area contributed by atoms with Gasteiger partial charge in [0.2, 0.25) is 5.91 Å². The van der Waals surface area contributed by atoms with Crippen molar-refractivity contribution in [3.8, 4) is 0 Å². The zero-order valence-electron chi connectivity index (χ0n) is 12.3. The summed E-state index contributed by atoms with van der Waals surface area (Å²) in [5.41, 5.74) is 0. The Morgan fingerprint density at radius 1 is 1.25 bits per heavy atom. The van der Waals surface area contributed by atoms with Gasteiger partial charge in [-0.05, 0) is 25.2 Å². The summed E-state index contributed by atoms with van der Waals surface area (Å²) < 4.78 is 2.05. The van der Waals surface area contributed by atoms with Gasteiger partial charge in [-0.1, -0.05) is 25.7 Å². The molecule has 5 nitrogen and oxygen atoms in total. The summed E-state index contributed by atoms with van der Waals surface area (Å²) >= 11 is 0. The molecule has 1 aromatic heterocycles. The average Bonchev–Trinajstić information content (AvgIpc) is 2.65. The van der Waals surface area contributed by atoms with Gasteiger partial charge in [0.25, 0.3) is 0 Å². The first-order chi connectivity index (χ1) is 9.74. The number of nitrogens with one attached hydrogen (secondary N) is 1. The summed E-state index contributed by atoms with van der Waals surface area (Å²) in [6.45, 7) is 0.500. The second kappa shape index (κ2) is 5.94. The Morgan fingerprint density at radius 3 is 2.60 bits per heavy atom. The Hall–Kier alpha value is -1.39. The summed E-state index contributed by atoms with van der Waals surface area (Å²) in [6.07, 6.45) is 9.39. The molecule has 0 unspecified atom stereocenters. The van der Waals surface area contributed by atoms with E-state index in [1.54, 1.807) is 0 Å². The molecule has 0 saturated heterocycles. The van der Waals surface area contributed by atoms with Crippen LogP contribution in [-0.2, 0) is 18.4 Å². The van der Waals surface area contributed by atoms with E-state index in [1.165, 1.54) is 38.5 Å². The smallest absolute Gasteiger partial charge is 0.220 e. The zero-order valence-corrected chi connectivity index (χ0v) is 12.3. The van der Waals surface area contributed by atoms with Crippen LogP contribution in [0.25, 0.3) is 0 Å². The highest BCUT2D eigenvalue weighted by molar-refractivity contribution is 5.75. The van der Waals surface area contributed by atoms with Crippen LogP contribution < -0.4 is 5.32 Å². The van der Waals surface area contributed by atoms with E-state index in [1.807, 2.05) is 7.05 Å². The molecule has 2 fully saturated rings. The third-order valence-electron chi connectivity index (χ3n) is 4.92. The van der Waals surface area contributed by atoms with Gasteiger partial charge >= 0.3 is 0 Å². The van der Waals surface area contributed by atoms with Gasteiger partial charge in [-0.3, -0.25) is 4.79 Å². The fraction of sp³-hybridized carbons (Fsp3) is 0.800.